The minimum Gasteiger partial charge on any atom is -0.493 e. The van der Waals surface area contributed by atoms with Gasteiger partial charge in [0.05, 0.1) is 35.6 Å². The number of rotatable bonds is 15. The van der Waals surface area contributed by atoms with Crippen molar-refractivity contribution < 1.29 is 33.3 Å². The molecule has 49 heavy (non-hydrogen) atoms. The van der Waals surface area contributed by atoms with Gasteiger partial charge in [0, 0.05) is 18.4 Å². The lowest BCUT2D eigenvalue weighted by Crippen LogP contribution is -2.40. The zero-order valence-electron chi connectivity index (χ0n) is 27.9. The average molecular weight is 686 g/mol. The second-order valence-electron chi connectivity index (χ2n) is 10.9. The monoisotopic (exact) mass is 685 g/mol. The van der Waals surface area contributed by atoms with Gasteiger partial charge in [-0.15, -0.1) is 0 Å². The molecule has 12 heteroatoms. The Bertz CT molecular complexity index is 2000. The molecular formula is C37H39N3O8S. The molecule has 0 fully saturated rings. The van der Waals surface area contributed by atoms with Crippen LogP contribution in [0.4, 0.5) is 5.69 Å². The molecule has 1 aromatic heterocycles. The van der Waals surface area contributed by atoms with Crippen molar-refractivity contribution in [2.45, 2.75) is 33.2 Å². The lowest BCUT2D eigenvalue weighted by atomic mass is 9.95. The molecule has 0 spiro atoms. The smallest absolute Gasteiger partial charge is 0.338 e. The number of aromatic nitrogens is 1. The number of para-hydroxylation sites is 2. The molecule has 2 heterocycles. The standard InChI is InChI=1S/C37H39N3O8S/c1-5-18-46-28-15-11-10-14-27(28)34-33(36(43)47-20-19-44-4)24(3)38-37-40(34)35(42)31(49-37)22-25-16-17-29(30(21-25)45-6-2)48-23-32(41)39-26-12-8-7-9-13-26/h7-17,21-22,34H,5-6,18-20,23H2,1-4H3,(H,39,41)/b31-22+/t34-/m1/s1. The van der Waals surface area contributed by atoms with E-state index in [1.165, 1.54) is 23.0 Å². The Labute approximate surface area is 288 Å². The molecule has 1 atom stereocenters. The Morgan fingerprint density at radius 1 is 0.918 bits per heavy atom. The molecule has 1 aliphatic rings. The molecule has 256 valence electrons. The molecule has 1 aliphatic heterocycles. The van der Waals surface area contributed by atoms with E-state index in [9.17, 15) is 14.4 Å². The van der Waals surface area contributed by atoms with Gasteiger partial charge >= 0.3 is 5.97 Å². The summed E-state index contributed by atoms with van der Waals surface area (Å²) >= 11 is 1.21. The Morgan fingerprint density at radius 3 is 2.45 bits per heavy atom. The molecule has 4 aromatic rings. The van der Waals surface area contributed by atoms with Gasteiger partial charge in [-0.3, -0.25) is 14.2 Å². The number of amides is 1. The van der Waals surface area contributed by atoms with Crippen molar-refractivity contribution in [3.63, 3.8) is 0 Å². The van der Waals surface area contributed by atoms with E-state index in [0.717, 1.165) is 6.42 Å². The van der Waals surface area contributed by atoms with Gasteiger partial charge in [0.2, 0.25) is 0 Å². The molecule has 0 aliphatic carbocycles. The first-order valence-electron chi connectivity index (χ1n) is 16.0. The number of nitrogens with one attached hydrogen (secondary N) is 1. The normalized spacial score (nSPS) is 14.1. The van der Waals surface area contributed by atoms with E-state index in [4.69, 9.17) is 23.7 Å². The second-order valence-corrected chi connectivity index (χ2v) is 11.9. The van der Waals surface area contributed by atoms with Gasteiger partial charge in [0.15, 0.2) is 22.9 Å². The SMILES string of the molecule is CCCOc1ccccc1[C@@H]1C(C(=O)OCCOC)=C(C)N=c2s/c(=C/c3ccc(OCC(=O)Nc4ccccc4)c(OCC)c3)c(=O)n21. The summed E-state index contributed by atoms with van der Waals surface area (Å²) in [6, 6.07) is 20.9. The number of benzene rings is 3. The predicted molar refractivity (Wildman–Crippen MR) is 187 cm³/mol. The van der Waals surface area contributed by atoms with E-state index < -0.39 is 12.0 Å². The molecule has 0 saturated heterocycles. The molecule has 5 rings (SSSR count). The predicted octanol–water partition coefficient (Wildman–Crippen LogP) is 4.63. The number of methoxy groups -OCH3 is 1. The van der Waals surface area contributed by atoms with Gasteiger partial charge in [-0.1, -0.05) is 60.7 Å². The fourth-order valence-electron chi connectivity index (χ4n) is 5.24. The summed E-state index contributed by atoms with van der Waals surface area (Å²) in [5.74, 6) is 0.479. The minimum absolute atomic E-state index is 0.0524. The largest absolute Gasteiger partial charge is 0.493 e. The van der Waals surface area contributed by atoms with Crippen LogP contribution in [-0.4, -0.2) is 56.6 Å². The highest BCUT2D eigenvalue weighted by Crippen LogP contribution is 2.36. The van der Waals surface area contributed by atoms with Crippen LogP contribution in [0.1, 0.15) is 44.4 Å². The van der Waals surface area contributed by atoms with E-state index in [0.29, 0.717) is 62.3 Å². The van der Waals surface area contributed by atoms with Gasteiger partial charge < -0.3 is 29.0 Å². The topological polar surface area (TPSA) is 127 Å². The Balaban J connectivity index is 1.51. The number of allylic oxidation sites excluding steroid dienone is 1. The van der Waals surface area contributed by atoms with Crippen molar-refractivity contribution in [1.82, 2.24) is 4.57 Å². The molecular weight excluding hydrogens is 646 g/mol. The summed E-state index contributed by atoms with van der Waals surface area (Å²) in [6.45, 7) is 6.48. The van der Waals surface area contributed by atoms with Gasteiger partial charge in [0.25, 0.3) is 11.5 Å². The zero-order valence-corrected chi connectivity index (χ0v) is 28.7. The second kappa shape index (κ2) is 16.8. The maximum atomic E-state index is 14.2. The number of nitrogens with zero attached hydrogens (tertiary/aromatic N) is 2. The summed E-state index contributed by atoms with van der Waals surface area (Å²) in [4.78, 5) is 45.3. The summed E-state index contributed by atoms with van der Waals surface area (Å²) < 4.78 is 30.2. The Kier molecular flexibility index (Phi) is 12.0. The molecule has 1 N–H and O–H groups in total. The van der Waals surface area contributed by atoms with Gasteiger partial charge in [-0.2, -0.15) is 0 Å². The third-order valence-electron chi connectivity index (χ3n) is 7.42. The summed E-state index contributed by atoms with van der Waals surface area (Å²) in [5.41, 5.74) is 2.36. The number of carbonyl (C=O) groups is 2. The number of esters is 1. The number of hydrogen-bond acceptors (Lipinski definition) is 10. The van der Waals surface area contributed by atoms with E-state index in [2.05, 4.69) is 10.3 Å². The van der Waals surface area contributed by atoms with E-state index in [1.807, 2.05) is 56.3 Å². The first-order chi connectivity index (χ1) is 23.8. The molecule has 3 aromatic carbocycles. The fraction of sp³-hybridized carbons (Fsp3) is 0.297. The summed E-state index contributed by atoms with van der Waals surface area (Å²) in [5, 5.41) is 2.79. The number of ether oxygens (including phenoxy) is 5. The first-order valence-corrected chi connectivity index (χ1v) is 16.8. The maximum Gasteiger partial charge on any atom is 0.338 e. The lowest BCUT2D eigenvalue weighted by Gasteiger charge is -2.26. The highest BCUT2D eigenvalue weighted by atomic mass is 32.1. The van der Waals surface area contributed by atoms with Crippen LogP contribution in [0.5, 0.6) is 17.2 Å². The van der Waals surface area contributed by atoms with E-state index >= 15 is 0 Å². The summed E-state index contributed by atoms with van der Waals surface area (Å²) in [6.07, 6.45) is 2.52. The highest BCUT2D eigenvalue weighted by Gasteiger charge is 2.35. The van der Waals surface area contributed by atoms with Crippen LogP contribution in [-0.2, 0) is 19.1 Å². The van der Waals surface area contributed by atoms with Crippen molar-refractivity contribution >= 4 is 35.0 Å². The molecule has 0 unspecified atom stereocenters. The van der Waals surface area contributed by atoms with Crippen molar-refractivity contribution in [3.05, 3.63) is 115 Å². The number of fused-ring (bicyclic) bond motifs is 1. The maximum absolute atomic E-state index is 14.2. The minimum atomic E-state index is -0.835. The van der Waals surface area contributed by atoms with Crippen LogP contribution < -0.4 is 34.4 Å². The number of carbonyl (C=O) groups excluding carboxylic acids is 2. The lowest BCUT2D eigenvalue weighted by molar-refractivity contribution is -0.140. The van der Waals surface area contributed by atoms with E-state index in [1.54, 1.807) is 43.3 Å². The zero-order chi connectivity index (χ0) is 34.8. The van der Waals surface area contributed by atoms with Crippen LogP contribution in [0.2, 0.25) is 0 Å². The van der Waals surface area contributed by atoms with Gasteiger partial charge in [-0.25, -0.2) is 9.79 Å². The van der Waals surface area contributed by atoms with Crippen molar-refractivity contribution in [2.24, 2.45) is 4.99 Å². The highest BCUT2D eigenvalue weighted by molar-refractivity contribution is 7.07. The van der Waals surface area contributed by atoms with Gasteiger partial charge in [0.1, 0.15) is 18.4 Å². The van der Waals surface area contributed by atoms with Crippen LogP contribution in [0.15, 0.2) is 93.9 Å². The Morgan fingerprint density at radius 2 is 1.69 bits per heavy atom. The van der Waals surface area contributed by atoms with Crippen LogP contribution in [0.3, 0.4) is 0 Å². The van der Waals surface area contributed by atoms with Crippen molar-refractivity contribution in [3.8, 4) is 17.2 Å². The number of thiazole rings is 1. The molecule has 11 nitrogen and oxygen atoms in total. The third-order valence-corrected chi connectivity index (χ3v) is 8.40. The first kappa shape index (κ1) is 35.1. The van der Waals surface area contributed by atoms with Crippen molar-refractivity contribution in [1.29, 1.82) is 0 Å². The average Bonchev–Trinajstić information content (AvgIpc) is 3.40. The molecule has 0 saturated carbocycles. The summed E-state index contributed by atoms with van der Waals surface area (Å²) in [7, 11) is 1.52. The number of hydrogen-bond donors (Lipinski definition) is 1. The van der Waals surface area contributed by atoms with Crippen LogP contribution in [0, 0.1) is 0 Å². The fourth-order valence-corrected chi connectivity index (χ4v) is 6.28. The third kappa shape index (κ3) is 8.45. The quantitative estimate of drug-likeness (QED) is 0.142. The van der Waals surface area contributed by atoms with Crippen LogP contribution in [0.25, 0.3) is 6.08 Å². The van der Waals surface area contributed by atoms with Gasteiger partial charge in [-0.05, 0) is 62.2 Å². The Hall–Kier alpha value is -5.20. The van der Waals surface area contributed by atoms with Crippen molar-refractivity contribution in [2.75, 3.05) is 45.5 Å². The molecule has 0 bridgehead atoms. The van der Waals surface area contributed by atoms with Crippen LogP contribution >= 0.6 is 11.3 Å². The number of anilines is 1. The molecule has 1 amide bonds. The van der Waals surface area contributed by atoms with E-state index in [-0.39, 0.29) is 36.9 Å². The molecule has 0 radical (unpaired) electrons.